The van der Waals surface area contributed by atoms with Gasteiger partial charge in [0.2, 0.25) is 0 Å². The lowest BCUT2D eigenvalue weighted by Gasteiger charge is -2.00. The Balaban J connectivity index is -0.0000000553. The zero-order chi connectivity index (χ0) is 56.2. The average molecular weight is 966 g/mol. The SMILES string of the molecule is C.CC.CC.CC.CC.CC.CC.CC.CC.CC.CC.CC.CC.CC.CC.c1ccc(-c2ccccc2)cc1.c1ccc(Cc2ccccc2)cc1.c1ccc2ccccc2c1.c1ccccc1. The van der Waals surface area contributed by atoms with E-state index in [1.807, 2.05) is 242 Å². The molecule has 0 nitrogen and oxygen atoms in total. The van der Waals surface area contributed by atoms with E-state index in [0.29, 0.717) is 0 Å². The molecule has 0 aromatic heterocycles. The molecule has 404 valence electrons. The van der Waals surface area contributed by atoms with Crippen molar-refractivity contribution in [2.45, 2.75) is 208 Å². The molecule has 0 saturated heterocycles. The number of hydrogen-bond donors (Lipinski definition) is 0. The van der Waals surface area contributed by atoms with E-state index < -0.39 is 0 Å². The summed E-state index contributed by atoms with van der Waals surface area (Å²) in [6, 6.07) is 70.6. The van der Waals surface area contributed by atoms with Gasteiger partial charge in [0.25, 0.3) is 0 Å². The van der Waals surface area contributed by atoms with Gasteiger partial charge in [0.1, 0.15) is 0 Å². The van der Waals surface area contributed by atoms with Gasteiger partial charge < -0.3 is 0 Å². The summed E-state index contributed by atoms with van der Waals surface area (Å²) >= 11 is 0. The summed E-state index contributed by atoms with van der Waals surface area (Å²) < 4.78 is 0. The van der Waals surface area contributed by atoms with E-state index >= 15 is 0 Å². The fourth-order valence-corrected chi connectivity index (χ4v) is 4.21. The highest BCUT2D eigenvalue weighted by atomic mass is 14.0. The van der Waals surface area contributed by atoms with Crippen LogP contribution in [0.1, 0.15) is 212 Å². The Morgan fingerprint density at radius 1 is 0.171 bits per heavy atom. The van der Waals surface area contributed by atoms with Crippen molar-refractivity contribution in [1.29, 1.82) is 0 Å². The third-order valence-electron chi connectivity index (χ3n) is 6.30. The van der Waals surface area contributed by atoms with E-state index in [1.165, 1.54) is 33.0 Å². The van der Waals surface area contributed by atoms with Gasteiger partial charge in [-0.2, -0.15) is 0 Å². The van der Waals surface area contributed by atoms with Gasteiger partial charge in [-0.05, 0) is 39.4 Å². The van der Waals surface area contributed by atoms with Crippen LogP contribution < -0.4 is 0 Å². The fraction of sp³-hybridized carbons (Fsp3) is 0.429. The van der Waals surface area contributed by atoms with Gasteiger partial charge in [-0.3, -0.25) is 0 Å². The zero-order valence-corrected chi connectivity index (χ0v) is 51.3. The van der Waals surface area contributed by atoms with Gasteiger partial charge in [0, 0.05) is 0 Å². The van der Waals surface area contributed by atoms with Crippen LogP contribution in [0.15, 0.2) is 206 Å². The Kier molecular flexibility index (Phi) is 149. The zero-order valence-electron chi connectivity index (χ0n) is 51.3. The quantitative estimate of drug-likeness (QED) is 0.166. The summed E-state index contributed by atoms with van der Waals surface area (Å²) in [4.78, 5) is 0. The minimum Gasteiger partial charge on any atom is -0.0776 e. The van der Waals surface area contributed by atoms with Crippen molar-refractivity contribution in [1.82, 2.24) is 0 Å². The second-order valence-corrected chi connectivity index (χ2v) is 9.38. The molecule has 0 saturated carbocycles. The highest BCUT2D eigenvalue weighted by Gasteiger charge is 1.93. The molecule has 70 heavy (non-hydrogen) atoms. The normalized spacial score (nSPS) is 6.80. The number of fused-ring (bicyclic) bond motifs is 1. The van der Waals surface area contributed by atoms with E-state index in [2.05, 4.69) is 158 Å². The molecular formula is C70H124. The molecule has 0 aliphatic heterocycles. The minimum absolute atomic E-state index is 0. The minimum atomic E-state index is 0. The number of hydrogen-bond acceptors (Lipinski definition) is 0. The van der Waals surface area contributed by atoms with E-state index in [9.17, 15) is 0 Å². The summed E-state index contributed by atoms with van der Waals surface area (Å²) in [6.07, 6.45) is 1.03. The smallest absolute Gasteiger partial charge is 0.00258 e. The summed E-state index contributed by atoms with van der Waals surface area (Å²) in [6.45, 7) is 56.0. The molecule has 0 unspecified atom stereocenters. The molecule has 0 atom stereocenters. The first-order valence-corrected chi connectivity index (χ1v) is 28.0. The van der Waals surface area contributed by atoms with Crippen LogP contribution in [0.2, 0.25) is 0 Å². The van der Waals surface area contributed by atoms with Crippen molar-refractivity contribution in [2.24, 2.45) is 0 Å². The lowest BCUT2D eigenvalue weighted by molar-refractivity contribution is 1.19. The standard InChI is InChI=1S/C13H12.C12H10.C10H8.C6H6.14C2H6.CH4/c1-3-7-12(8-4-1)11-13-9-5-2-6-10-13;1-3-7-11(8-4-1)12-9-5-2-6-10-12;1-2-6-10-8-4-3-7-9(10)5-1;1-2-4-6-5-3-1;14*1-2;/h1-10H,11H2;1-10H;1-8H;1-6H;14*1-2H3;1H4. The lowest BCUT2D eigenvalue weighted by Crippen LogP contribution is -1.85. The molecule has 0 bridgehead atoms. The molecule has 0 fully saturated rings. The molecular weight excluding hydrogens is 841 g/mol. The fourth-order valence-electron chi connectivity index (χ4n) is 4.21. The number of rotatable bonds is 3. The maximum Gasteiger partial charge on any atom is -0.00258 e. The molecule has 0 aliphatic rings. The number of benzene rings is 7. The summed E-state index contributed by atoms with van der Waals surface area (Å²) in [5.41, 5.74) is 5.29. The molecule has 0 amide bonds. The third kappa shape index (κ3) is 69.4. The van der Waals surface area contributed by atoms with Crippen molar-refractivity contribution in [2.75, 3.05) is 0 Å². The van der Waals surface area contributed by atoms with Crippen molar-refractivity contribution in [3.63, 3.8) is 0 Å². The highest BCUT2D eigenvalue weighted by Crippen LogP contribution is 2.17. The van der Waals surface area contributed by atoms with Crippen LogP contribution in [-0.4, -0.2) is 0 Å². The first-order chi connectivity index (χ1) is 34.4. The Bertz CT molecular complexity index is 1440. The lowest BCUT2D eigenvalue weighted by atomic mass is 10.1. The molecule has 0 heterocycles. The predicted molar refractivity (Wildman–Crippen MR) is 344 cm³/mol. The topological polar surface area (TPSA) is 0 Å². The average Bonchev–Trinajstić information content (AvgIpc) is 3.52. The summed E-state index contributed by atoms with van der Waals surface area (Å²) in [5, 5.41) is 2.62. The van der Waals surface area contributed by atoms with Crippen LogP contribution in [0, 0.1) is 0 Å². The van der Waals surface area contributed by atoms with Crippen molar-refractivity contribution < 1.29 is 0 Å². The van der Waals surface area contributed by atoms with Crippen molar-refractivity contribution >= 4 is 10.8 Å². The predicted octanol–water partition coefficient (Wildman–Crippen LogP) is 26.2. The Morgan fingerprint density at radius 3 is 0.471 bits per heavy atom. The molecule has 7 aromatic rings. The van der Waals surface area contributed by atoms with Gasteiger partial charge in [-0.15, -0.1) is 0 Å². The molecule has 7 aromatic carbocycles. The third-order valence-corrected chi connectivity index (χ3v) is 6.30. The van der Waals surface area contributed by atoms with Crippen LogP contribution in [0.3, 0.4) is 0 Å². The van der Waals surface area contributed by atoms with Gasteiger partial charge in [-0.25, -0.2) is 0 Å². The largest absolute Gasteiger partial charge is 0.0776 e. The maximum atomic E-state index is 2.16. The Morgan fingerprint density at radius 2 is 0.300 bits per heavy atom. The first-order valence-electron chi connectivity index (χ1n) is 28.0. The van der Waals surface area contributed by atoms with Gasteiger partial charge in [-0.1, -0.05) is 408 Å². The Hall–Kier alpha value is -5.20. The van der Waals surface area contributed by atoms with E-state index in [-0.39, 0.29) is 7.43 Å². The van der Waals surface area contributed by atoms with E-state index in [1.54, 1.807) is 0 Å². The van der Waals surface area contributed by atoms with Gasteiger partial charge in [0.05, 0.1) is 0 Å². The molecule has 0 radical (unpaired) electrons. The first kappa shape index (κ1) is 94.6. The molecule has 7 rings (SSSR count). The van der Waals surface area contributed by atoms with Crippen molar-refractivity contribution in [3.8, 4) is 11.1 Å². The second-order valence-electron chi connectivity index (χ2n) is 9.38. The molecule has 0 heteroatoms. The van der Waals surface area contributed by atoms with Crippen molar-refractivity contribution in [3.05, 3.63) is 217 Å². The molecule has 0 aliphatic carbocycles. The van der Waals surface area contributed by atoms with Gasteiger partial charge in [0.15, 0.2) is 0 Å². The monoisotopic (exact) mass is 965 g/mol. The van der Waals surface area contributed by atoms with Crippen LogP contribution in [0.4, 0.5) is 0 Å². The Labute approximate surface area is 444 Å². The van der Waals surface area contributed by atoms with Gasteiger partial charge >= 0.3 is 0 Å². The van der Waals surface area contributed by atoms with E-state index in [0.717, 1.165) is 6.42 Å². The van der Waals surface area contributed by atoms with Crippen LogP contribution in [-0.2, 0) is 6.42 Å². The summed E-state index contributed by atoms with van der Waals surface area (Å²) in [5.74, 6) is 0. The maximum absolute atomic E-state index is 2.16. The molecule has 0 spiro atoms. The van der Waals surface area contributed by atoms with Crippen LogP contribution in [0.25, 0.3) is 21.9 Å². The second kappa shape index (κ2) is 110. The van der Waals surface area contributed by atoms with Crippen LogP contribution in [0.5, 0.6) is 0 Å². The van der Waals surface area contributed by atoms with Crippen LogP contribution >= 0.6 is 0 Å². The summed E-state index contributed by atoms with van der Waals surface area (Å²) in [7, 11) is 0. The van der Waals surface area contributed by atoms with E-state index in [4.69, 9.17) is 0 Å². The molecule has 0 N–H and O–H groups in total. The highest BCUT2D eigenvalue weighted by molar-refractivity contribution is 5.82.